The van der Waals surface area contributed by atoms with Crippen LogP contribution < -0.4 is 15.5 Å². The Morgan fingerprint density at radius 2 is 2.03 bits per heavy atom. The van der Waals surface area contributed by atoms with Crippen LogP contribution >= 0.6 is 0 Å². The number of carbonyl (C=O) groups is 1. The quantitative estimate of drug-likeness (QED) is 0.484. The number of fused-ring (bicyclic) bond motifs is 2. The second-order valence-electron chi connectivity index (χ2n) is 10.4. The number of piperidine rings is 1. The van der Waals surface area contributed by atoms with Crippen LogP contribution in [-0.2, 0) is 17.8 Å². The number of amides is 1. The first-order chi connectivity index (χ1) is 18.0. The van der Waals surface area contributed by atoms with Crippen LogP contribution in [0.25, 0.3) is 10.9 Å². The molecule has 194 valence electrons. The lowest BCUT2D eigenvalue weighted by Crippen LogP contribution is -2.40. The molecule has 2 fully saturated rings. The maximum absolute atomic E-state index is 12.8. The van der Waals surface area contributed by atoms with Crippen LogP contribution in [0.15, 0.2) is 24.4 Å². The number of pyridine rings is 2. The summed E-state index contributed by atoms with van der Waals surface area (Å²) in [7, 11) is 0. The van der Waals surface area contributed by atoms with Gasteiger partial charge in [0.2, 0.25) is 11.9 Å². The molecule has 0 bridgehead atoms. The minimum atomic E-state index is -0.661. The summed E-state index contributed by atoms with van der Waals surface area (Å²) >= 11 is 0. The molecular weight excluding hydrogens is 468 g/mol. The van der Waals surface area contributed by atoms with Crippen LogP contribution in [0.4, 0.5) is 17.6 Å². The van der Waals surface area contributed by atoms with Gasteiger partial charge in [-0.3, -0.25) is 4.79 Å². The molecule has 37 heavy (non-hydrogen) atoms. The van der Waals surface area contributed by atoms with Gasteiger partial charge in [0.25, 0.3) is 0 Å². The number of rotatable bonds is 5. The average Bonchev–Trinajstić information content (AvgIpc) is 3.47. The van der Waals surface area contributed by atoms with Crippen LogP contribution in [-0.4, -0.2) is 68.6 Å². The molecule has 0 aliphatic carbocycles. The van der Waals surface area contributed by atoms with Gasteiger partial charge in [-0.05, 0) is 56.8 Å². The highest BCUT2D eigenvalue weighted by Gasteiger charge is 2.29. The van der Waals surface area contributed by atoms with Crippen molar-refractivity contribution in [1.29, 1.82) is 0 Å². The molecule has 3 aliphatic heterocycles. The molecule has 10 nitrogen and oxygen atoms in total. The molecule has 3 aromatic rings. The van der Waals surface area contributed by atoms with Crippen molar-refractivity contribution in [3.05, 3.63) is 41.3 Å². The van der Waals surface area contributed by atoms with Gasteiger partial charge >= 0.3 is 0 Å². The third kappa shape index (κ3) is 4.95. The van der Waals surface area contributed by atoms with Gasteiger partial charge in [-0.25, -0.2) is 19.9 Å². The molecule has 3 N–H and O–H groups in total. The van der Waals surface area contributed by atoms with Crippen molar-refractivity contribution < 1.29 is 9.90 Å². The molecule has 0 spiro atoms. The van der Waals surface area contributed by atoms with Gasteiger partial charge < -0.3 is 25.5 Å². The van der Waals surface area contributed by atoms with E-state index in [0.717, 1.165) is 79.8 Å². The van der Waals surface area contributed by atoms with E-state index in [1.807, 2.05) is 23.1 Å². The van der Waals surface area contributed by atoms with E-state index in [4.69, 9.17) is 15.0 Å². The number of hydrogen-bond acceptors (Lipinski definition) is 9. The predicted octanol–water partition coefficient (Wildman–Crippen LogP) is 2.70. The molecule has 1 amide bonds. The second-order valence-corrected chi connectivity index (χ2v) is 10.4. The van der Waals surface area contributed by atoms with Crippen molar-refractivity contribution in [1.82, 2.24) is 30.2 Å². The minimum Gasteiger partial charge on any atom is -0.387 e. The normalized spacial score (nSPS) is 20.6. The van der Waals surface area contributed by atoms with Crippen LogP contribution in [0.3, 0.4) is 0 Å². The Bertz CT molecular complexity index is 1300. The second kappa shape index (κ2) is 10.2. The van der Waals surface area contributed by atoms with Crippen molar-refractivity contribution in [2.24, 2.45) is 5.92 Å². The summed E-state index contributed by atoms with van der Waals surface area (Å²) in [4.78, 5) is 36.1. The Balaban J connectivity index is 1.23. The van der Waals surface area contributed by atoms with Crippen LogP contribution in [0.1, 0.15) is 55.7 Å². The molecule has 6 rings (SSSR count). The molecule has 3 aromatic heterocycles. The average molecular weight is 503 g/mol. The van der Waals surface area contributed by atoms with Gasteiger partial charge in [-0.2, -0.15) is 0 Å². The summed E-state index contributed by atoms with van der Waals surface area (Å²) < 4.78 is 0. The molecule has 3 aliphatic rings. The van der Waals surface area contributed by atoms with Gasteiger partial charge in [0, 0.05) is 56.4 Å². The van der Waals surface area contributed by atoms with Crippen molar-refractivity contribution in [3.63, 3.8) is 0 Å². The minimum absolute atomic E-state index is 0.0986. The van der Waals surface area contributed by atoms with E-state index >= 15 is 0 Å². The van der Waals surface area contributed by atoms with Crippen molar-refractivity contribution in [2.75, 3.05) is 42.9 Å². The molecule has 0 aromatic carbocycles. The number of aliphatic hydroxyl groups excluding tert-OH is 1. The first kappa shape index (κ1) is 24.0. The first-order valence-corrected chi connectivity index (χ1v) is 13.4. The zero-order valence-electron chi connectivity index (χ0n) is 21.3. The van der Waals surface area contributed by atoms with Gasteiger partial charge in [0.05, 0.1) is 17.7 Å². The van der Waals surface area contributed by atoms with Crippen molar-refractivity contribution in [2.45, 2.75) is 51.7 Å². The number of aliphatic hydroxyl groups is 1. The fourth-order valence-corrected chi connectivity index (χ4v) is 5.56. The van der Waals surface area contributed by atoms with E-state index in [2.05, 4.69) is 20.5 Å². The smallest absolute Gasteiger partial charge is 0.229 e. The summed E-state index contributed by atoms with van der Waals surface area (Å²) in [5, 5.41) is 17.6. The fourth-order valence-electron chi connectivity index (χ4n) is 5.56. The summed E-state index contributed by atoms with van der Waals surface area (Å²) in [6.45, 7) is 6.61. The highest BCUT2D eigenvalue weighted by atomic mass is 16.3. The van der Waals surface area contributed by atoms with Gasteiger partial charge in [0.15, 0.2) is 5.82 Å². The Hall–Kier alpha value is -3.37. The summed E-state index contributed by atoms with van der Waals surface area (Å²) in [6, 6.07) is 5.84. The molecular formula is C27H34N8O2. The van der Waals surface area contributed by atoms with E-state index in [-0.39, 0.29) is 11.8 Å². The number of anilines is 3. The maximum Gasteiger partial charge on any atom is 0.229 e. The van der Waals surface area contributed by atoms with Gasteiger partial charge in [-0.1, -0.05) is 6.07 Å². The van der Waals surface area contributed by atoms with Gasteiger partial charge in [-0.15, -0.1) is 0 Å². The van der Waals surface area contributed by atoms with Crippen LogP contribution in [0.2, 0.25) is 0 Å². The number of hydrogen-bond donors (Lipinski definition) is 3. The highest BCUT2D eigenvalue weighted by Crippen LogP contribution is 2.30. The third-order valence-electron chi connectivity index (χ3n) is 7.66. The molecule has 10 heteroatoms. The van der Waals surface area contributed by atoms with E-state index in [0.29, 0.717) is 30.5 Å². The molecule has 2 atom stereocenters. The molecule has 0 saturated carbocycles. The molecule has 1 unspecified atom stereocenters. The topological polar surface area (TPSA) is 119 Å². The number of carbonyl (C=O) groups excluding carboxylic acids is 1. The first-order valence-electron chi connectivity index (χ1n) is 13.4. The third-order valence-corrected chi connectivity index (χ3v) is 7.66. The van der Waals surface area contributed by atoms with Crippen molar-refractivity contribution in [3.8, 4) is 0 Å². The molecule has 6 heterocycles. The summed E-state index contributed by atoms with van der Waals surface area (Å²) in [5.74, 6) is 2.30. The molecule has 2 saturated heterocycles. The van der Waals surface area contributed by atoms with Crippen LogP contribution in [0, 0.1) is 5.92 Å². The Morgan fingerprint density at radius 3 is 2.81 bits per heavy atom. The lowest BCUT2D eigenvalue weighted by atomic mass is 10.0. The molecule has 0 radical (unpaired) electrons. The largest absolute Gasteiger partial charge is 0.387 e. The number of nitrogens with one attached hydrogen (secondary N) is 2. The fraction of sp³-hybridized carbons (Fsp3) is 0.519. The Labute approximate surface area is 216 Å². The predicted molar refractivity (Wildman–Crippen MR) is 142 cm³/mol. The van der Waals surface area contributed by atoms with Crippen LogP contribution in [0.5, 0.6) is 0 Å². The standard InChI is InChI=1S/C27H34N8O2/c1-17(36)22-13-20-15-29-27(33-24(20)25(31-22)34-10-3-2-4-11-34)32-23-6-5-19-16-35(12-8-21(19)30-23)26(37)18-7-9-28-14-18/h5-6,13,15,17-18,28,36H,2-4,7-12,14,16H2,1H3,(H,29,30,32,33)/t17?,18-/m0/s1. The van der Waals surface area contributed by atoms with E-state index in [1.54, 1.807) is 13.1 Å². The summed E-state index contributed by atoms with van der Waals surface area (Å²) in [5.41, 5.74) is 3.51. The van der Waals surface area contributed by atoms with E-state index in [9.17, 15) is 9.90 Å². The number of aromatic nitrogens is 4. The highest BCUT2D eigenvalue weighted by molar-refractivity contribution is 5.89. The summed E-state index contributed by atoms with van der Waals surface area (Å²) in [6.07, 6.45) is 6.25. The zero-order chi connectivity index (χ0) is 25.4. The maximum atomic E-state index is 12.8. The SMILES string of the molecule is CC(O)c1cc2cnc(Nc3ccc4c(n3)CCN(C(=O)[C@H]3CCNC3)C4)nc2c(N2CCCCC2)n1. The number of nitrogens with zero attached hydrogens (tertiary/aromatic N) is 6. The van der Waals surface area contributed by atoms with E-state index in [1.165, 1.54) is 6.42 Å². The van der Waals surface area contributed by atoms with Crippen molar-refractivity contribution >= 4 is 34.4 Å². The monoisotopic (exact) mass is 502 g/mol. The van der Waals surface area contributed by atoms with Gasteiger partial charge in [0.1, 0.15) is 11.3 Å². The Morgan fingerprint density at radius 1 is 1.16 bits per heavy atom. The zero-order valence-corrected chi connectivity index (χ0v) is 21.3. The lowest BCUT2D eigenvalue weighted by molar-refractivity contribution is -0.135. The Kier molecular flexibility index (Phi) is 6.60. The van der Waals surface area contributed by atoms with E-state index < -0.39 is 6.10 Å². The lowest BCUT2D eigenvalue weighted by Gasteiger charge is -2.30.